The van der Waals surface area contributed by atoms with Crippen molar-refractivity contribution < 1.29 is 13.7 Å². The molecule has 0 bridgehead atoms. The Hall–Kier alpha value is -3.32. The van der Waals surface area contributed by atoms with Crippen molar-refractivity contribution in [2.75, 3.05) is 13.2 Å². The Bertz CT molecular complexity index is 1210. The number of benzene rings is 2. The van der Waals surface area contributed by atoms with Crippen LogP contribution < -0.4 is 0 Å². The SMILES string of the molecule is Cc1ccc(Cc2cc(-c3nc(-c4ccc(C5(F)CCOCC5)cc4)no3)nn2C)cc1. The van der Waals surface area contributed by atoms with Gasteiger partial charge in [0.1, 0.15) is 5.67 Å². The van der Waals surface area contributed by atoms with E-state index in [-0.39, 0.29) is 0 Å². The van der Waals surface area contributed by atoms with Gasteiger partial charge in [-0.25, -0.2) is 4.39 Å². The smallest absolute Gasteiger partial charge is 0.278 e. The highest BCUT2D eigenvalue weighted by atomic mass is 19.1. The van der Waals surface area contributed by atoms with Gasteiger partial charge < -0.3 is 9.26 Å². The molecule has 0 atom stereocenters. The number of hydrogen-bond donors (Lipinski definition) is 0. The first-order chi connectivity index (χ1) is 15.5. The topological polar surface area (TPSA) is 66.0 Å². The largest absolute Gasteiger partial charge is 0.381 e. The fraction of sp³-hybridized carbons (Fsp3) is 0.320. The van der Waals surface area contributed by atoms with Crippen molar-refractivity contribution in [3.63, 3.8) is 0 Å². The summed E-state index contributed by atoms with van der Waals surface area (Å²) in [6.45, 7) is 2.97. The maximum Gasteiger partial charge on any atom is 0.278 e. The number of ether oxygens (including phenoxy) is 1. The standard InChI is InChI=1S/C25H25FN4O2/c1-17-3-5-18(6-4-17)15-21-16-22(28-30(21)2)24-27-23(29-32-24)19-7-9-20(10-8-19)25(26)11-13-31-14-12-25/h3-10,16H,11-15H2,1-2H3. The average Bonchev–Trinajstić information content (AvgIpc) is 3.43. The lowest BCUT2D eigenvalue weighted by Gasteiger charge is -2.29. The minimum atomic E-state index is -1.33. The van der Waals surface area contributed by atoms with Crippen LogP contribution in [0.15, 0.2) is 59.1 Å². The second-order valence-electron chi connectivity index (χ2n) is 8.39. The summed E-state index contributed by atoms with van der Waals surface area (Å²) in [5.41, 5.74) is 4.24. The average molecular weight is 432 g/mol. The summed E-state index contributed by atoms with van der Waals surface area (Å²) < 4.78 is 27.7. The zero-order valence-corrected chi connectivity index (χ0v) is 18.2. The molecule has 2 aromatic carbocycles. The highest BCUT2D eigenvalue weighted by Crippen LogP contribution is 2.37. The molecular weight excluding hydrogens is 407 g/mol. The summed E-state index contributed by atoms with van der Waals surface area (Å²) in [5, 5.41) is 8.65. The van der Waals surface area contributed by atoms with Gasteiger partial charge in [-0.3, -0.25) is 4.68 Å². The third-order valence-corrected chi connectivity index (χ3v) is 6.07. The van der Waals surface area contributed by atoms with Crippen molar-refractivity contribution in [1.29, 1.82) is 0 Å². The number of aryl methyl sites for hydroxylation is 2. The maximum atomic E-state index is 15.1. The number of alkyl halides is 1. The Balaban J connectivity index is 1.34. The first-order valence-corrected chi connectivity index (χ1v) is 10.8. The lowest BCUT2D eigenvalue weighted by Crippen LogP contribution is -2.29. The Morgan fingerprint density at radius 3 is 2.47 bits per heavy atom. The van der Waals surface area contributed by atoms with Crippen LogP contribution in [0.5, 0.6) is 0 Å². The molecule has 0 saturated carbocycles. The van der Waals surface area contributed by atoms with Gasteiger partial charge in [-0.05, 0) is 24.1 Å². The predicted molar refractivity (Wildman–Crippen MR) is 119 cm³/mol. The number of hydrogen-bond acceptors (Lipinski definition) is 5. The minimum Gasteiger partial charge on any atom is -0.381 e. The molecule has 2 aromatic heterocycles. The zero-order chi connectivity index (χ0) is 22.1. The van der Waals surface area contributed by atoms with Gasteiger partial charge in [0, 0.05) is 50.8 Å². The molecule has 1 aliphatic heterocycles. The van der Waals surface area contributed by atoms with E-state index in [1.807, 2.05) is 29.9 Å². The van der Waals surface area contributed by atoms with Gasteiger partial charge in [-0.1, -0.05) is 59.3 Å². The minimum absolute atomic E-state index is 0.362. The zero-order valence-electron chi connectivity index (χ0n) is 18.2. The van der Waals surface area contributed by atoms with E-state index in [1.54, 1.807) is 12.1 Å². The van der Waals surface area contributed by atoms with Gasteiger partial charge >= 0.3 is 0 Å². The Labute approximate surface area is 186 Å². The van der Waals surface area contributed by atoms with E-state index in [1.165, 1.54) is 11.1 Å². The van der Waals surface area contributed by atoms with E-state index < -0.39 is 5.67 Å². The van der Waals surface area contributed by atoms with E-state index in [2.05, 4.69) is 46.4 Å². The van der Waals surface area contributed by atoms with E-state index in [4.69, 9.17) is 9.26 Å². The van der Waals surface area contributed by atoms with Crippen LogP contribution in [-0.4, -0.2) is 33.1 Å². The van der Waals surface area contributed by atoms with E-state index in [9.17, 15) is 0 Å². The lowest BCUT2D eigenvalue weighted by molar-refractivity contribution is -0.0114. The Morgan fingerprint density at radius 1 is 1.03 bits per heavy atom. The molecule has 1 fully saturated rings. The highest BCUT2D eigenvalue weighted by molar-refractivity contribution is 5.58. The van der Waals surface area contributed by atoms with Crippen molar-refractivity contribution in [1.82, 2.24) is 19.9 Å². The summed E-state index contributed by atoms with van der Waals surface area (Å²) in [6, 6.07) is 17.7. The van der Waals surface area contributed by atoms with Crippen molar-refractivity contribution in [3.05, 3.63) is 77.0 Å². The summed E-state index contributed by atoms with van der Waals surface area (Å²) in [6.07, 6.45) is 1.52. The third-order valence-electron chi connectivity index (χ3n) is 6.07. The number of aromatic nitrogens is 4. The van der Waals surface area contributed by atoms with Crippen LogP contribution in [0.3, 0.4) is 0 Å². The van der Waals surface area contributed by atoms with Gasteiger partial charge in [0.2, 0.25) is 5.82 Å². The summed E-state index contributed by atoms with van der Waals surface area (Å²) in [4.78, 5) is 4.52. The number of nitrogens with zero attached hydrogens (tertiary/aromatic N) is 4. The fourth-order valence-corrected chi connectivity index (χ4v) is 4.04. The highest BCUT2D eigenvalue weighted by Gasteiger charge is 2.34. The molecule has 0 spiro atoms. The first-order valence-electron chi connectivity index (χ1n) is 10.8. The second-order valence-corrected chi connectivity index (χ2v) is 8.39. The van der Waals surface area contributed by atoms with Gasteiger partial charge in [0.05, 0.1) is 0 Å². The van der Waals surface area contributed by atoms with Crippen LogP contribution in [0.25, 0.3) is 23.0 Å². The quantitative estimate of drug-likeness (QED) is 0.443. The van der Waals surface area contributed by atoms with Crippen LogP contribution in [-0.2, 0) is 23.9 Å². The molecule has 0 aliphatic carbocycles. The Morgan fingerprint density at radius 2 is 1.75 bits per heavy atom. The summed E-state index contributed by atoms with van der Waals surface area (Å²) in [7, 11) is 1.91. The molecule has 32 heavy (non-hydrogen) atoms. The number of rotatable bonds is 5. The van der Waals surface area contributed by atoms with E-state index >= 15 is 4.39 Å². The van der Waals surface area contributed by atoms with Crippen LogP contribution in [0, 0.1) is 6.92 Å². The van der Waals surface area contributed by atoms with E-state index in [0.29, 0.717) is 49.0 Å². The molecule has 0 amide bonds. The molecule has 0 N–H and O–H groups in total. The van der Waals surface area contributed by atoms with Crippen molar-refractivity contribution in [2.24, 2.45) is 7.05 Å². The van der Waals surface area contributed by atoms with Gasteiger partial charge in [-0.15, -0.1) is 0 Å². The number of halogens is 1. The molecule has 164 valence electrons. The van der Waals surface area contributed by atoms with Crippen LogP contribution in [0.4, 0.5) is 4.39 Å². The monoisotopic (exact) mass is 432 g/mol. The molecule has 0 radical (unpaired) electrons. The molecule has 1 saturated heterocycles. The molecule has 5 rings (SSSR count). The predicted octanol–water partition coefficient (Wildman–Crippen LogP) is 5.01. The summed E-state index contributed by atoms with van der Waals surface area (Å²) in [5.74, 6) is 0.818. The molecule has 6 nitrogen and oxygen atoms in total. The van der Waals surface area contributed by atoms with Crippen molar-refractivity contribution >= 4 is 0 Å². The molecule has 3 heterocycles. The fourth-order valence-electron chi connectivity index (χ4n) is 4.04. The third kappa shape index (κ3) is 4.08. The maximum absolute atomic E-state index is 15.1. The molecule has 7 heteroatoms. The van der Waals surface area contributed by atoms with Crippen LogP contribution in [0.2, 0.25) is 0 Å². The van der Waals surface area contributed by atoms with Gasteiger partial charge in [0.15, 0.2) is 5.69 Å². The summed E-state index contributed by atoms with van der Waals surface area (Å²) >= 11 is 0. The second kappa shape index (κ2) is 8.31. The van der Waals surface area contributed by atoms with Gasteiger partial charge in [-0.2, -0.15) is 10.1 Å². The molecule has 1 aliphatic rings. The van der Waals surface area contributed by atoms with E-state index in [0.717, 1.165) is 17.7 Å². The van der Waals surface area contributed by atoms with Crippen LogP contribution in [0.1, 0.15) is 35.2 Å². The molecule has 4 aromatic rings. The van der Waals surface area contributed by atoms with Gasteiger partial charge in [0.25, 0.3) is 5.89 Å². The Kier molecular flexibility index (Phi) is 5.35. The molecule has 0 unspecified atom stereocenters. The van der Waals surface area contributed by atoms with Crippen molar-refractivity contribution in [2.45, 2.75) is 31.9 Å². The molecular formula is C25H25FN4O2. The van der Waals surface area contributed by atoms with Crippen molar-refractivity contribution in [3.8, 4) is 23.0 Å². The lowest BCUT2D eigenvalue weighted by atomic mass is 9.88. The first kappa shape index (κ1) is 20.6. The van der Waals surface area contributed by atoms with Crippen LogP contribution >= 0.6 is 0 Å². The normalized spacial score (nSPS) is 15.7.